The molecule has 0 unspecified atom stereocenters. The second-order valence-electron chi connectivity index (χ2n) is 17.8. The molecule has 7 rings (SSSR count). The van der Waals surface area contributed by atoms with Crippen LogP contribution in [0.1, 0.15) is 121 Å². The third-order valence-corrected chi connectivity index (χ3v) is 30.2. The van der Waals surface area contributed by atoms with Gasteiger partial charge in [-0.15, -0.1) is 0 Å². The number of fused-ring (bicyclic) bond motifs is 3. The number of rotatable bonds is 23. The highest BCUT2D eigenvalue weighted by atomic mass is 29.3. The first-order valence-corrected chi connectivity index (χ1v) is 29.5. The highest BCUT2D eigenvalue weighted by Gasteiger charge is 2.66. The summed E-state index contributed by atoms with van der Waals surface area (Å²) in [5.41, 5.74) is 6.33. The van der Waals surface area contributed by atoms with E-state index in [1.54, 1.807) is 0 Å². The summed E-state index contributed by atoms with van der Waals surface area (Å²) >= 11 is 0. The lowest BCUT2D eigenvalue weighted by Gasteiger charge is -2.54. The zero-order chi connectivity index (χ0) is 44.1. The van der Waals surface area contributed by atoms with Crippen molar-refractivity contribution in [2.24, 2.45) is 0 Å². The molecule has 0 radical (unpaired) electrons. The van der Waals surface area contributed by atoms with Crippen molar-refractivity contribution in [3.8, 4) is 28.4 Å². The number of benzene rings is 6. The fourth-order valence-corrected chi connectivity index (χ4v) is 30.8. The molecule has 6 aromatic carbocycles. The summed E-state index contributed by atoms with van der Waals surface area (Å²) < 4.78 is 21.6. The summed E-state index contributed by atoms with van der Waals surface area (Å²) in [7, 11) is -6.43. The maximum atomic E-state index is 7.41. The van der Waals surface area contributed by atoms with Gasteiger partial charge in [0.05, 0.1) is 19.8 Å². The van der Waals surface area contributed by atoms with Gasteiger partial charge in [-0.2, -0.15) is 0 Å². The van der Waals surface area contributed by atoms with E-state index in [1.165, 1.54) is 53.4 Å². The topological polar surface area (TPSA) is 27.7 Å². The molecule has 0 N–H and O–H groups in total. The van der Waals surface area contributed by atoms with Crippen molar-refractivity contribution in [3.05, 3.63) is 150 Å². The van der Waals surface area contributed by atoms with Crippen LogP contribution in [0, 0.1) is 13.8 Å². The fraction of sp³-hybridized carbons (Fsp3) is 0.379. The third kappa shape index (κ3) is 8.98. The van der Waals surface area contributed by atoms with Crippen LogP contribution in [0.3, 0.4) is 0 Å². The molecule has 0 bridgehead atoms. The van der Waals surface area contributed by atoms with Crippen LogP contribution in [-0.2, 0) is 6.42 Å². The fourth-order valence-electron chi connectivity index (χ4n) is 10.6. The van der Waals surface area contributed by atoms with E-state index in [9.17, 15) is 0 Å². The quantitative estimate of drug-likeness (QED) is 0.0474. The lowest BCUT2D eigenvalue weighted by molar-refractivity contribution is 0.259. The monoisotopic (exact) mass is 873 g/mol. The summed E-state index contributed by atoms with van der Waals surface area (Å²) in [5.74, 6) is 2.92. The normalized spacial score (nSPS) is 13.6. The highest BCUT2D eigenvalue weighted by Crippen LogP contribution is 2.48. The molecule has 1 aliphatic heterocycles. The minimum Gasteiger partial charge on any atom is -0.493 e. The average molecular weight is 873 g/mol. The third-order valence-electron chi connectivity index (χ3n) is 13.4. The predicted molar refractivity (Wildman–Crippen MR) is 275 cm³/mol. The van der Waals surface area contributed by atoms with Crippen molar-refractivity contribution in [1.82, 2.24) is 0 Å². The van der Waals surface area contributed by atoms with E-state index in [4.69, 9.17) is 14.2 Å². The van der Waals surface area contributed by atoms with Crippen LogP contribution in [0.15, 0.2) is 133 Å². The largest absolute Gasteiger partial charge is 0.493 e. The Morgan fingerprint density at radius 3 is 1.10 bits per heavy atom. The Morgan fingerprint density at radius 1 is 0.365 bits per heavy atom. The van der Waals surface area contributed by atoms with Gasteiger partial charge in [-0.05, 0) is 73.0 Å². The standard InChI is InChI=1S/C58H72O3Si2/c1-7-11-19-39-51-54-52(43-45(5)56(51)59-40-28-12-8-2)62(47-31-20-15-21-32-47,48-33-22-16-23-34-48)63(49-35-24-17-25-36-49,50-37-26-18-27-38-50)53-44-46(6)57(60-41-29-13-9-3)58(55(53)54)61-42-30-14-10-4/h15-18,20-27,31-38,43-44H,7-14,19,28-30,39-42H2,1-6H3. The van der Waals surface area contributed by atoms with E-state index in [2.05, 4.69) is 175 Å². The Morgan fingerprint density at radius 2 is 0.698 bits per heavy atom. The van der Waals surface area contributed by atoms with Crippen LogP contribution in [0.25, 0.3) is 11.1 Å². The number of hydrogen-bond donors (Lipinski definition) is 0. The minimum atomic E-state index is -3.23. The number of aryl methyl sites for hydroxylation is 2. The van der Waals surface area contributed by atoms with Gasteiger partial charge in [-0.1, -0.05) is 233 Å². The Labute approximate surface area is 382 Å². The molecule has 0 amide bonds. The van der Waals surface area contributed by atoms with Crippen LogP contribution < -0.4 is 45.3 Å². The zero-order valence-electron chi connectivity index (χ0n) is 39.2. The molecule has 330 valence electrons. The Kier molecular flexibility index (Phi) is 16.2. The molecule has 1 aliphatic rings. The molecular weight excluding hydrogens is 801 g/mol. The first-order chi connectivity index (χ1) is 31.0. The zero-order valence-corrected chi connectivity index (χ0v) is 41.2. The van der Waals surface area contributed by atoms with Gasteiger partial charge >= 0.3 is 0 Å². The van der Waals surface area contributed by atoms with Gasteiger partial charge < -0.3 is 14.2 Å². The molecule has 6 aromatic rings. The van der Waals surface area contributed by atoms with Gasteiger partial charge in [0.25, 0.3) is 0 Å². The molecule has 0 atom stereocenters. The van der Waals surface area contributed by atoms with E-state index in [0.717, 1.165) is 106 Å². The molecule has 0 spiro atoms. The summed E-state index contributed by atoms with van der Waals surface area (Å²) in [6, 6.07) is 52.1. The summed E-state index contributed by atoms with van der Waals surface area (Å²) in [6.07, 6.45) is 14.3. The van der Waals surface area contributed by atoms with Crippen LogP contribution in [0.5, 0.6) is 17.2 Å². The summed E-state index contributed by atoms with van der Waals surface area (Å²) in [5, 5.41) is 8.67. The molecule has 0 fully saturated rings. The molecule has 0 saturated heterocycles. The Hall–Kier alpha value is -4.85. The van der Waals surface area contributed by atoms with Crippen molar-refractivity contribution >= 4 is 46.3 Å². The second-order valence-corrected chi connectivity index (χ2v) is 28.7. The van der Waals surface area contributed by atoms with Gasteiger partial charge in [-0.25, -0.2) is 0 Å². The number of hydrogen-bond acceptors (Lipinski definition) is 3. The lowest BCUT2D eigenvalue weighted by atomic mass is 9.91. The van der Waals surface area contributed by atoms with Gasteiger partial charge in [0.2, 0.25) is 0 Å². The molecule has 0 aliphatic carbocycles. The van der Waals surface area contributed by atoms with Crippen LogP contribution in [0.2, 0.25) is 0 Å². The van der Waals surface area contributed by atoms with Gasteiger partial charge in [0.1, 0.15) is 5.75 Å². The molecule has 3 nitrogen and oxygen atoms in total. The van der Waals surface area contributed by atoms with E-state index >= 15 is 0 Å². The van der Waals surface area contributed by atoms with E-state index < -0.39 is 15.2 Å². The van der Waals surface area contributed by atoms with Crippen LogP contribution in [0.4, 0.5) is 0 Å². The van der Waals surface area contributed by atoms with Gasteiger partial charge in [0.15, 0.2) is 26.7 Å². The highest BCUT2D eigenvalue weighted by molar-refractivity contribution is 7.68. The molecule has 5 heteroatoms. The van der Waals surface area contributed by atoms with Crippen molar-refractivity contribution in [1.29, 1.82) is 0 Å². The second kappa shape index (κ2) is 22.2. The molecule has 1 heterocycles. The maximum absolute atomic E-state index is 7.41. The van der Waals surface area contributed by atoms with Crippen LogP contribution >= 0.6 is 0 Å². The SMILES string of the molecule is CCCCCOc1c(C)cc2c(c1CCCCC)-c1c(cc(C)c(OCCCCC)c1OCCCCC)[Si](c1ccccc1)(c1ccccc1)[Si]2(c1ccccc1)c1ccccc1. The van der Waals surface area contributed by atoms with Gasteiger partial charge in [-0.3, -0.25) is 0 Å². The Balaban J connectivity index is 1.77. The van der Waals surface area contributed by atoms with Crippen molar-refractivity contribution in [3.63, 3.8) is 0 Å². The van der Waals surface area contributed by atoms with E-state index in [-0.39, 0.29) is 0 Å². The minimum absolute atomic E-state index is 0.646. The molecular formula is C58H72O3Si2. The summed E-state index contributed by atoms with van der Waals surface area (Å²) in [6.45, 7) is 15.8. The molecule has 0 aromatic heterocycles. The predicted octanol–water partition coefficient (Wildman–Crippen LogP) is 11.4. The smallest absolute Gasteiger partial charge is 0.169 e. The van der Waals surface area contributed by atoms with E-state index in [1.807, 2.05) is 0 Å². The van der Waals surface area contributed by atoms with E-state index in [0.29, 0.717) is 19.8 Å². The molecule has 63 heavy (non-hydrogen) atoms. The first kappa shape index (κ1) is 46.2. The van der Waals surface area contributed by atoms with Crippen molar-refractivity contribution in [2.75, 3.05) is 19.8 Å². The van der Waals surface area contributed by atoms with Crippen molar-refractivity contribution < 1.29 is 14.2 Å². The average Bonchev–Trinajstić information content (AvgIpc) is 3.32. The maximum Gasteiger partial charge on any atom is 0.169 e. The van der Waals surface area contributed by atoms with Gasteiger partial charge in [0, 0.05) is 11.1 Å². The number of unbranched alkanes of at least 4 members (excludes halogenated alkanes) is 8. The van der Waals surface area contributed by atoms with Crippen molar-refractivity contribution in [2.45, 2.75) is 125 Å². The lowest BCUT2D eigenvalue weighted by Crippen LogP contribution is -2.95. The van der Waals surface area contributed by atoms with Crippen LogP contribution in [-0.4, -0.2) is 35.0 Å². The summed E-state index contributed by atoms with van der Waals surface area (Å²) in [4.78, 5) is 0. The number of ether oxygens (including phenoxy) is 3. The Bertz CT molecular complexity index is 2260. The first-order valence-electron chi connectivity index (χ1n) is 24.5. The molecule has 0 saturated carbocycles.